The predicted molar refractivity (Wildman–Crippen MR) is 101 cm³/mol. The van der Waals surface area contributed by atoms with E-state index in [-0.39, 0.29) is 0 Å². The summed E-state index contributed by atoms with van der Waals surface area (Å²) in [5, 5.41) is 0. The van der Waals surface area contributed by atoms with Crippen molar-refractivity contribution < 1.29 is 17.9 Å². The predicted octanol–water partition coefficient (Wildman–Crippen LogP) is 4.35. The molecule has 0 spiro atoms. The molecule has 23 heavy (non-hydrogen) atoms. The van der Waals surface area contributed by atoms with Crippen LogP contribution in [0.4, 0.5) is 0 Å². The molecule has 3 rings (SSSR count). The molecule has 0 N–H and O–H groups in total. The first kappa shape index (κ1) is 16.9. The minimum atomic E-state index is -3.06. The molecule has 0 atom stereocenters. The SMILES string of the molecule is Cc1cc[c]([Zr]([Br])([c]2ccc(C)cc2)[c]2ccc(C)cc2)cc1. The summed E-state index contributed by atoms with van der Waals surface area (Å²) in [5.41, 5.74) is 3.92. The van der Waals surface area contributed by atoms with E-state index in [0.717, 1.165) is 0 Å². The van der Waals surface area contributed by atoms with E-state index in [1.807, 2.05) is 0 Å². The van der Waals surface area contributed by atoms with Gasteiger partial charge in [0, 0.05) is 0 Å². The molecular formula is C21H21BrZr. The molecule has 0 aromatic heterocycles. The van der Waals surface area contributed by atoms with Gasteiger partial charge >= 0.3 is 150 Å². The fraction of sp³-hybridized carbons (Fsp3) is 0.143. The fourth-order valence-corrected chi connectivity index (χ4v) is 14.6. The van der Waals surface area contributed by atoms with E-state index in [1.165, 1.54) is 26.5 Å². The zero-order chi connectivity index (χ0) is 16.4. The van der Waals surface area contributed by atoms with Crippen LogP contribution in [-0.2, 0) is 17.9 Å². The number of halogens is 1. The number of aryl methyl sites for hydroxylation is 3. The van der Waals surface area contributed by atoms with Gasteiger partial charge in [-0.2, -0.15) is 0 Å². The number of hydrogen-bond acceptors (Lipinski definition) is 0. The summed E-state index contributed by atoms with van der Waals surface area (Å²) in [6.07, 6.45) is 0. The molecule has 0 saturated heterocycles. The molecule has 3 aromatic rings. The Labute approximate surface area is 149 Å². The van der Waals surface area contributed by atoms with Crippen LogP contribution in [0.3, 0.4) is 0 Å². The first-order valence-electron chi connectivity index (χ1n) is 7.90. The third kappa shape index (κ3) is 3.44. The second-order valence-electron chi connectivity index (χ2n) is 6.26. The molecule has 2 heteroatoms. The first-order chi connectivity index (χ1) is 11.0. The molecule has 0 radical (unpaired) electrons. The third-order valence-corrected chi connectivity index (χ3v) is 20.8. The molecule has 0 aliphatic rings. The summed E-state index contributed by atoms with van der Waals surface area (Å²) in [6.45, 7) is 6.44. The number of rotatable bonds is 3. The van der Waals surface area contributed by atoms with Crippen LogP contribution in [0.25, 0.3) is 0 Å². The van der Waals surface area contributed by atoms with Crippen molar-refractivity contribution in [1.29, 1.82) is 0 Å². The summed E-state index contributed by atoms with van der Waals surface area (Å²) in [5.74, 6) is 0. The Bertz CT molecular complexity index is 676. The molecule has 0 aliphatic heterocycles. The molecular weight excluding hydrogens is 423 g/mol. The van der Waals surface area contributed by atoms with Gasteiger partial charge in [-0.25, -0.2) is 0 Å². The Balaban J connectivity index is 2.21. The van der Waals surface area contributed by atoms with E-state index in [1.54, 1.807) is 0 Å². The van der Waals surface area contributed by atoms with Crippen molar-refractivity contribution in [2.24, 2.45) is 0 Å². The molecule has 0 aliphatic carbocycles. The first-order valence-corrected chi connectivity index (χ1v) is 17.2. The fourth-order valence-electron chi connectivity index (χ4n) is 2.85. The zero-order valence-corrected chi connectivity index (χ0v) is 17.9. The summed E-state index contributed by atoms with van der Waals surface area (Å²) in [6, 6.07) is 27.2. The number of hydrogen-bond donors (Lipinski definition) is 0. The Kier molecular flexibility index (Phi) is 5.04. The Hall–Kier alpha value is -0.977. The van der Waals surface area contributed by atoms with Crippen LogP contribution in [0.15, 0.2) is 72.8 Å². The topological polar surface area (TPSA) is 0 Å². The second-order valence-corrected chi connectivity index (χ2v) is 20.8. The maximum absolute atomic E-state index is 4.29. The third-order valence-electron chi connectivity index (χ3n) is 4.35. The van der Waals surface area contributed by atoms with Crippen molar-refractivity contribution in [3.8, 4) is 0 Å². The van der Waals surface area contributed by atoms with E-state index in [4.69, 9.17) is 0 Å². The van der Waals surface area contributed by atoms with Gasteiger partial charge in [-0.3, -0.25) is 0 Å². The standard InChI is InChI=1S/3C7H7.BrH.Zr/c3*1-7-5-3-2-4-6-7;;/h3*3-6H,1H3;1H;/q;;;;+1/p-1. The molecule has 0 amide bonds. The monoisotopic (exact) mass is 442 g/mol. The van der Waals surface area contributed by atoms with Crippen molar-refractivity contribution in [1.82, 2.24) is 0 Å². The van der Waals surface area contributed by atoms with Gasteiger partial charge in [0.1, 0.15) is 0 Å². The Morgan fingerprint density at radius 2 is 0.696 bits per heavy atom. The van der Waals surface area contributed by atoms with Gasteiger partial charge < -0.3 is 0 Å². The number of benzene rings is 3. The molecule has 3 aromatic carbocycles. The van der Waals surface area contributed by atoms with Crippen molar-refractivity contribution in [3.05, 3.63) is 89.5 Å². The van der Waals surface area contributed by atoms with E-state index in [9.17, 15) is 0 Å². The van der Waals surface area contributed by atoms with Gasteiger partial charge in [0.2, 0.25) is 0 Å². The Morgan fingerprint density at radius 1 is 0.478 bits per heavy atom. The van der Waals surface area contributed by atoms with Crippen molar-refractivity contribution in [2.75, 3.05) is 0 Å². The summed E-state index contributed by atoms with van der Waals surface area (Å²) in [4.78, 5) is 0. The van der Waals surface area contributed by atoms with Crippen LogP contribution in [0, 0.1) is 20.8 Å². The zero-order valence-electron chi connectivity index (χ0n) is 13.8. The van der Waals surface area contributed by atoms with Crippen molar-refractivity contribution in [2.45, 2.75) is 20.8 Å². The molecule has 0 saturated carbocycles. The van der Waals surface area contributed by atoms with Gasteiger partial charge in [-0.15, -0.1) is 0 Å². The average Bonchev–Trinajstić information content (AvgIpc) is 2.56. The van der Waals surface area contributed by atoms with Crippen LogP contribution >= 0.6 is 12.2 Å². The van der Waals surface area contributed by atoms with Crippen LogP contribution in [0.1, 0.15) is 16.7 Å². The van der Waals surface area contributed by atoms with E-state index in [2.05, 4.69) is 106 Å². The van der Waals surface area contributed by atoms with Crippen LogP contribution in [-0.4, -0.2) is 0 Å². The van der Waals surface area contributed by atoms with Gasteiger partial charge in [0.25, 0.3) is 0 Å². The average molecular weight is 445 g/mol. The molecule has 0 bridgehead atoms. The quantitative estimate of drug-likeness (QED) is 0.564. The van der Waals surface area contributed by atoms with Gasteiger partial charge in [-0.05, 0) is 0 Å². The molecule has 0 unspecified atom stereocenters. The minimum absolute atomic E-state index is 1.31. The van der Waals surface area contributed by atoms with Crippen molar-refractivity contribution in [3.63, 3.8) is 0 Å². The van der Waals surface area contributed by atoms with Crippen LogP contribution < -0.4 is 9.81 Å². The Morgan fingerprint density at radius 3 is 0.913 bits per heavy atom. The molecule has 0 fully saturated rings. The van der Waals surface area contributed by atoms with Gasteiger partial charge in [0.05, 0.1) is 0 Å². The molecule has 0 nitrogen and oxygen atoms in total. The van der Waals surface area contributed by atoms with E-state index < -0.39 is 17.9 Å². The van der Waals surface area contributed by atoms with Gasteiger partial charge in [0.15, 0.2) is 0 Å². The van der Waals surface area contributed by atoms with E-state index in [0.29, 0.717) is 0 Å². The molecule has 0 heterocycles. The second kappa shape index (κ2) is 6.87. The van der Waals surface area contributed by atoms with Crippen molar-refractivity contribution >= 4 is 22.0 Å². The normalized spacial score (nSPS) is 11.5. The summed E-state index contributed by atoms with van der Waals surface area (Å²) >= 11 is 1.24. The summed E-state index contributed by atoms with van der Waals surface area (Å²) < 4.78 is 4.37. The maximum atomic E-state index is 4.29. The van der Waals surface area contributed by atoms with Crippen LogP contribution in [0.5, 0.6) is 0 Å². The molecule has 116 valence electrons. The summed E-state index contributed by atoms with van der Waals surface area (Å²) in [7, 11) is 0. The van der Waals surface area contributed by atoms with E-state index >= 15 is 0 Å². The van der Waals surface area contributed by atoms with Crippen LogP contribution in [0.2, 0.25) is 0 Å². The van der Waals surface area contributed by atoms with Gasteiger partial charge in [-0.1, -0.05) is 0 Å².